The number of rotatable bonds is 4. The molecule has 0 amide bonds. The van der Waals surface area contributed by atoms with Gasteiger partial charge in [-0.15, -0.1) is 11.8 Å². The average molecular weight is 364 g/mol. The highest BCUT2D eigenvalue weighted by Gasteiger charge is 2.51. The Balaban J connectivity index is 2.00. The molecule has 25 heavy (non-hydrogen) atoms. The van der Waals surface area contributed by atoms with Gasteiger partial charge in [0, 0.05) is 4.90 Å². The van der Waals surface area contributed by atoms with Gasteiger partial charge in [0.2, 0.25) is 0 Å². The number of hydrogen-bond donors (Lipinski definition) is 0. The Labute approximate surface area is 156 Å². The molecule has 2 rings (SSSR count). The monoisotopic (exact) mass is 364 g/mol. The van der Waals surface area contributed by atoms with Crippen molar-refractivity contribution in [3.8, 4) is 0 Å². The van der Waals surface area contributed by atoms with Crippen LogP contribution in [0.5, 0.6) is 0 Å². The second-order valence-electron chi connectivity index (χ2n) is 8.45. The predicted molar refractivity (Wildman–Crippen MR) is 103 cm³/mol. The summed E-state index contributed by atoms with van der Waals surface area (Å²) in [7, 11) is -0.368. The largest absolute Gasteiger partial charge is 0.494 e. The number of esters is 1. The SMILES string of the molecule is CC(Sc1ccc(B2OC(C)(C)C(C)(C)O2)cc1)C(=O)OC(C)(C)C. The summed E-state index contributed by atoms with van der Waals surface area (Å²) in [6.45, 7) is 15.7. The van der Waals surface area contributed by atoms with E-state index in [0.29, 0.717) is 0 Å². The van der Waals surface area contributed by atoms with E-state index in [9.17, 15) is 4.79 Å². The van der Waals surface area contributed by atoms with E-state index in [-0.39, 0.29) is 29.5 Å². The molecule has 4 nitrogen and oxygen atoms in total. The summed E-state index contributed by atoms with van der Waals surface area (Å²) in [6.07, 6.45) is 0. The van der Waals surface area contributed by atoms with Crippen molar-refractivity contribution in [3.05, 3.63) is 24.3 Å². The summed E-state index contributed by atoms with van der Waals surface area (Å²) in [6, 6.07) is 7.97. The lowest BCUT2D eigenvalue weighted by atomic mass is 9.79. The van der Waals surface area contributed by atoms with Crippen molar-refractivity contribution in [3.63, 3.8) is 0 Å². The molecule has 0 N–H and O–H groups in total. The Morgan fingerprint density at radius 1 is 1.08 bits per heavy atom. The molecule has 0 radical (unpaired) electrons. The highest BCUT2D eigenvalue weighted by molar-refractivity contribution is 8.00. The van der Waals surface area contributed by atoms with Gasteiger partial charge in [0.05, 0.1) is 11.2 Å². The van der Waals surface area contributed by atoms with Crippen LogP contribution in [0.4, 0.5) is 0 Å². The Hall–Kier alpha value is -0.975. The van der Waals surface area contributed by atoms with Gasteiger partial charge in [0.1, 0.15) is 10.9 Å². The van der Waals surface area contributed by atoms with Gasteiger partial charge in [-0.25, -0.2) is 0 Å². The normalized spacial score (nSPS) is 20.4. The summed E-state index contributed by atoms with van der Waals surface area (Å²) < 4.78 is 17.5. The fourth-order valence-electron chi connectivity index (χ4n) is 2.32. The molecular weight excluding hydrogens is 335 g/mol. The maximum absolute atomic E-state index is 12.1. The molecule has 138 valence electrons. The van der Waals surface area contributed by atoms with Gasteiger partial charge >= 0.3 is 13.1 Å². The Morgan fingerprint density at radius 2 is 1.56 bits per heavy atom. The van der Waals surface area contributed by atoms with Crippen LogP contribution in [-0.2, 0) is 18.8 Å². The minimum absolute atomic E-state index is 0.201. The van der Waals surface area contributed by atoms with Gasteiger partial charge in [-0.05, 0) is 73.0 Å². The number of ether oxygens (including phenoxy) is 1. The van der Waals surface area contributed by atoms with Crippen LogP contribution >= 0.6 is 11.8 Å². The van der Waals surface area contributed by atoms with Crippen molar-refractivity contribution in [2.75, 3.05) is 0 Å². The zero-order chi connectivity index (χ0) is 19.0. The zero-order valence-corrected chi connectivity index (χ0v) is 17.3. The van der Waals surface area contributed by atoms with Gasteiger partial charge in [-0.1, -0.05) is 12.1 Å². The van der Waals surface area contributed by atoms with Crippen LogP contribution in [0, 0.1) is 0 Å². The summed E-state index contributed by atoms with van der Waals surface area (Å²) >= 11 is 1.49. The van der Waals surface area contributed by atoms with Crippen molar-refractivity contribution in [1.29, 1.82) is 0 Å². The van der Waals surface area contributed by atoms with Crippen LogP contribution in [-0.4, -0.2) is 35.1 Å². The molecule has 0 bridgehead atoms. The Kier molecular flexibility index (Phi) is 5.67. The molecule has 1 atom stereocenters. The van der Waals surface area contributed by atoms with Crippen molar-refractivity contribution < 1.29 is 18.8 Å². The van der Waals surface area contributed by atoms with E-state index in [0.717, 1.165) is 10.4 Å². The van der Waals surface area contributed by atoms with E-state index < -0.39 is 5.60 Å². The van der Waals surface area contributed by atoms with E-state index in [1.165, 1.54) is 11.8 Å². The molecule has 1 heterocycles. The third-order valence-corrected chi connectivity index (χ3v) is 5.55. The van der Waals surface area contributed by atoms with E-state index in [4.69, 9.17) is 14.0 Å². The molecule has 1 unspecified atom stereocenters. The van der Waals surface area contributed by atoms with Gasteiger partial charge in [0.15, 0.2) is 0 Å². The fourth-order valence-corrected chi connectivity index (χ4v) is 3.17. The topological polar surface area (TPSA) is 44.8 Å². The lowest BCUT2D eigenvalue weighted by Gasteiger charge is -2.32. The van der Waals surface area contributed by atoms with E-state index >= 15 is 0 Å². The number of carbonyl (C=O) groups is 1. The van der Waals surface area contributed by atoms with Crippen molar-refractivity contribution in [2.24, 2.45) is 0 Å². The first-order chi connectivity index (χ1) is 11.3. The quantitative estimate of drug-likeness (QED) is 0.462. The third kappa shape index (κ3) is 5.02. The molecule has 0 aliphatic carbocycles. The van der Waals surface area contributed by atoms with E-state index in [1.807, 2.05) is 79.7 Å². The maximum atomic E-state index is 12.1. The highest BCUT2D eigenvalue weighted by Crippen LogP contribution is 2.36. The van der Waals surface area contributed by atoms with Crippen molar-refractivity contribution >= 4 is 30.3 Å². The van der Waals surface area contributed by atoms with Crippen LogP contribution in [0.2, 0.25) is 0 Å². The number of thioether (sulfide) groups is 1. The van der Waals surface area contributed by atoms with Gasteiger partial charge in [-0.2, -0.15) is 0 Å². The van der Waals surface area contributed by atoms with Crippen molar-refractivity contribution in [2.45, 2.75) is 82.3 Å². The van der Waals surface area contributed by atoms with Crippen LogP contribution < -0.4 is 5.46 Å². The van der Waals surface area contributed by atoms with Gasteiger partial charge in [-0.3, -0.25) is 4.79 Å². The number of carbonyl (C=O) groups excluding carboxylic acids is 1. The maximum Gasteiger partial charge on any atom is 0.494 e. The zero-order valence-electron chi connectivity index (χ0n) is 16.5. The van der Waals surface area contributed by atoms with E-state index in [1.54, 1.807) is 0 Å². The predicted octanol–water partition coefficient (Wildman–Crippen LogP) is 3.81. The van der Waals surface area contributed by atoms with Crippen LogP contribution in [0.25, 0.3) is 0 Å². The molecule has 6 heteroatoms. The standard InChI is InChI=1S/C19H29BO4S/c1-13(16(21)22-17(2,3)4)25-15-11-9-14(10-12-15)20-23-18(5,6)19(7,8)24-20/h9-13H,1-8H3. The molecular formula is C19H29BO4S. The molecule has 1 fully saturated rings. The van der Waals surface area contributed by atoms with Crippen molar-refractivity contribution in [1.82, 2.24) is 0 Å². The molecule has 0 aromatic heterocycles. The molecule has 1 aromatic carbocycles. The third-order valence-electron chi connectivity index (χ3n) is 4.46. The first-order valence-electron chi connectivity index (χ1n) is 8.66. The molecule has 1 aromatic rings. The average Bonchev–Trinajstić information content (AvgIpc) is 2.66. The Morgan fingerprint density at radius 3 is 2.00 bits per heavy atom. The minimum atomic E-state index is -0.466. The first-order valence-corrected chi connectivity index (χ1v) is 9.54. The number of benzene rings is 1. The second-order valence-corrected chi connectivity index (χ2v) is 9.87. The molecule has 0 spiro atoms. The number of hydrogen-bond acceptors (Lipinski definition) is 5. The highest BCUT2D eigenvalue weighted by atomic mass is 32.2. The lowest BCUT2D eigenvalue weighted by Crippen LogP contribution is -2.41. The summed E-state index contributed by atoms with van der Waals surface area (Å²) in [5.41, 5.74) is -0.188. The first kappa shape index (κ1) is 20.3. The Bertz CT molecular complexity index is 603. The van der Waals surface area contributed by atoms with Gasteiger partial charge in [0.25, 0.3) is 0 Å². The van der Waals surface area contributed by atoms with Crippen LogP contribution in [0.1, 0.15) is 55.4 Å². The minimum Gasteiger partial charge on any atom is -0.459 e. The summed E-state index contributed by atoms with van der Waals surface area (Å²) in [5.74, 6) is -0.201. The molecule has 1 aliphatic heterocycles. The summed E-state index contributed by atoms with van der Waals surface area (Å²) in [4.78, 5) is 13.1. The summed E-state index contributed by atoms with van der Waals surface area (Å²) in [5, 5.41) is -0.262. The molecule has 0 saturated carbocycles. The van der Waals surface area contributed by atoms with Crippen LogP contribution in [0.15, 0.2) is 29.2 Å². The smallest absolute Gasteiger partial charge is 0.459 e. The van der Waals surface area contributed by atoms with Gasteiger partial charge < -0.3 is 14.0 Å². The molecule has 1 saturated heterocycles. The fraction of sp³-hybridized carbons (Fsp3) is 0.632. The van der Waals surface area contributed by atoms with E-state index in [2.05, 4.69) is 0 Å². The molecule has 1 aliphatic rings. The second kappa shape index (κ2) is 6.97. The van der Waals surface area contributed by atoms with Crippen LogP contribution in [0.3, 0.4) is 0 Å². The lowest BCUT2D eigenvalue weighted by molar-refractivity contribution is -0.153.